The second-order valence-corrected chi connectivity index (χ2v) is 4.50. The molecule has 1 aromatic carbocycles. The fourth-order valence-electron chi connectivity index (χ4n) is 1.06. The molecule has 0 fully saturated rings. The second kappa shape index (κ2) is 7.24. The van der Waals surface area contributed by atoms with Crippen molar-refractivity contribution in [1.29, 1.82) is 0 Å². The molecule has 1 aromatic rings. The zero-order valence-electron chi connectivity index (χ0n) is 8.95. The summed E-state index contributed by atoms with van der Waals surface area (Å²) in [5.41, 5.74) is 0.755. The Morgan fingerprint density at radius 1 is 1.41 bits per heavy atom. The van der Waals surface area contributed by atoms with Gasteiger partial charge in [0.15, 0.2) is 5.11 Å². The second-order valence-electron chi connectivity index (χ2n) is 3.03. The fraction of sp³-hybridized carbons (Fsp3) is 0.182. The van der Waals surface area contributed by atoms with Gasteiger partial charge >= 0.3 is 0 Å². The summed E-state index contributed by atoms with van der Waals surface area (Å²) < 4.78 is 24.2. The van der Waals surface area contributed by atoms with Gasteiger partial charge in [0.25, 0.3) is 5.76 Å². The van der Waals surface area contributed by atoms with Crippen LogP contribution < -0.4 is 10.6 Å². The van der Waals surface area contributed by atoms with Crippen LogP contribution in [0.25, 0.3) is 0 Å². The summed E-state index contributed by atoms with van der Waals surface area (Å²) in [4.78, 5) is 0.524. The van der Waals surface area contributed by atoms with Crippen molar-refractivity contribution in [3.05, 3.63) is 36.9 Å². The summed E-state index contributed by atoms with van der Waals surface area (Å²) >= 11 is 5.53. The first-order valence-corrected chi connectivity index (χ1v) is 6.11. The highest BCUT2D eigenvalue weighted by atomic mass is 32.2. The molecular formula is C11H12F2N2S2. The minimum absolute atomic E-state index is 0.471. The van der Waals surface area contributed by atoms with Gasteiger partial charge in [-0.3, -0.25) is 0 Å². The molecule has 0 saturated heterocycles. The predicted molar refractivity (Wildman–Crippen MR) is 72.7 cm³/mol. The lowest BCUT2D eigenvalue weighted by atomic mass is 10.3. The monoisotopic (exact) mass is 274 g/mol. The van der Waals surface area contributed by atoms with Crippen LogP contribution in [-0.4, -0.2) is 17.4 Å². The molecule has 0 amide bonds. The quantitative estimate of drug-likeness (QED) is 0.488. The molecule has 2 N–H and O–H groups in total. The van der Waals surface area contributed by atoms with E-state index < -0.39 is 5.76 Å². The Bertz CT molecular complexity index is 380. The molecule has 6 heteroatoms. The number of anilines is 1. The zero-order valence-corrected chi connectivity index (χ0v) is 10.6. The Labute approximate surface area is 108 Å². The molecule has 0 aliphatic carbocycles. The molecule has 1 rings (SSSR count). The highest BCUT2D eigenvalue weighted by Gasteiger charge is 2.04. The Morgan fingerprint density at radius 3 is 2.59 bits per heavy atom. The number of alkyl halides is 2. The summed E-state index contributed by atoms with van der Waals surface area (Å²) in [5, 5.41) is 6.31. The average molecular weight is 274 g/mol. The molecule has 0 spiro atoms. The van der Waals surface area contributed by atoms with Gasteiger partial charge in [-0.2, -0.15) is 8.78 Å². The van der Waals surface area contributed by atoms with Crippen molar-refractivity contribution in [2.75, 3.05) is 11.9 Å². The van der Waals surface area contributed by atoms with E-state index in [-0.39, 0.29) is 0 Å². The number of halogens is 2. The van der Waals surface area contributed by atoms with Crippen molar-refractivity contribution in [1.82, 2.24) is 5.32 Å². The summed E-state index contributed by atoms with van der Waals surface area (Å²) in [7, 11) is 0. The summed E-state index contributed by atoms with van der Waals surface area (Å²) in [6.07, 6.45) is 1.69. The number of rotatable bonds is 5. The fourth-order valence-corrected chi connectivity index (χ4v) is 1.76. The highest BCUT2D eigenvalue weighted by molar-refractivity contribution is 7.99. The largest absolute Gasteiger partial charge is 0.359 e. The van der Waals surface area contributed by atoms with Gasteiger partial charge in [-0.1, -0.05) is 17.8 Å². The molecule has 92 valence electrons. The molecule has 0 aliphatic rings. The third-order valence-corrected chi connectivity index (χ3v) is 2.71. The Balaban J connectivity index is 2.50. The molecule has 0 atom stereocenters. The smallest absolute Gasteiger partial charge is 0.288 e. The molecule has 0 unspecified atom stereocenters. The van der Waals surface area contributed by atoms with Gasteiger partial charge in [-0.15, -0.1) is 6.58 Å². The lowest BCUT2D eigenvalue weighted by Gasteiger charge is -2.09. The maximum Gasteiger partial charge on any atom is 0.288 e. The minimum Gasteiger partial charge on any atom is -0.359 e. The number of hydrogen-bond acceptors (Lipinski definition) is 2. The third kappa shape index (κ3) is 5.65. The summed E-state index contributed by atoms with van der Waals surface area (Å²) in [5.74, 6) is -2.40. The van der Waals surface area contributed by atoms with Crippen molar-refractivity contribution in [3.63, 3.8) is 0 Å². The van der Waals surface area contributed by atoms with Crippen molar-refractivity contribution < 1.29 is 8.78 Å². The van der Waals surface area contributed by atoms with Gasteiger partial charge in [0.2, 0.25) is 0 Å². The number of thioether (sulfide) groups is 1. The topological polar surface area (TPSA) is 24.1 Å². The summed E-state index contributed by atoms with van der Waals surface area (Å²) in [6.45, 7) is 4.13. The lowest BCUT2D eigenvalue weighted by Crippen LogP contribution is -2.28. The van der Waals surface area contributed by atoms with Crippen LogP contribution in [0.15, 0.2) is 41.8 Å². The lowest BCUT2D eigenvalue weighted by molar-refractivity contribution is 0.252. The van der Waals surface area contributed by atoms with Crippen LogP contribution in [0, 0.1) is 0 Å². The SMILES string of the molecule is C=CCNC(=S)Nc1ccc(SC(F)F)cc1. The molecule has 0 bridgehead atoms. The maximum absolute atomic E-state index is 12.1. The Kier molecular flexibility index (Phi) is 5.93. The van der Waals surface area contributed by atoms with Gasteiger partial charge in [0, 0.05) is 17.1 Å². The van der Waals surface area contributed by atoms with Gasteiger partial charge in [0.1, 0.15) is 0 Å². The van der Waals surface area contributed by atoms with Gasteiger partial charge < -0.3 is 10.6 Å². The van der Waals surface area contributed by atoms with E-state index in [2.05, 4.69) is 17.2 Å². The van der Waals surface area contributed by atoms with Crippen LogP contribution in [0.1, 0.15) is 0 Å². The van der Waals surface area contributed by atoms with Crippen LogP contribution >= 0.6 is 24.0 Å². The normalized spacial score (nSPS) is 10.1. The number of thiocarbonyl (C=S) groups is 1. The van der Waals surface area contributed by atoms with Crippen molar-refractivity contribution >= 4 is 34.8 Å². The zero-order chi connectivity index (χ0) is 12.7. The molecule has 0 heterocycles. The molecule has 2 nitrogen and oxygen atoms in total. The van der Waals surface area contributed by atoms with E-state index in [4.69, 9.17) is 12.2 Å². The number of hydrogen-bond donors (Lipinski definition) is 2. The first-order valence-electron chi connectivity index (χ1n) is 4.82. The van der Waals surface area contributed by atoms with Gasteiger partial charge in [-0.05, 0) is 36.5 Å². The molecule has 0 aromatic heterocycles. The van der Waals surface area contributed by atoms with Crippen molar-refractivity contribution in [2.24, 2.45) is 0 Å². The van der Waals surface area contributed by atoms with Crippen molar-refractivity contribution in [2.45, 2.75) is 10.7 Å². The molecule has 0 aliphatic heterocycles. The molecule has 0 radical (unpaired) electrons. The first-order chi connectivity index (χ1) is 8.11. The molecular weight excluding hydrogens is 262 g/mol. The van der Waals surface area contributed by atoms with Gasteiger partial charge in [-0.25, -0.2) is 0 Å². The minimum atomic E-state index is -2.40. The maximum atomic E-state index is 12.1. The average Bonchev–Trinajstić information content (AvgIpc) is 2.28. The van der Waals surface area contributed by atoms with Crippen LogP contribution in [0.3, 0.4) is 0 Å². The Morgan fingerprint density at radius 2 is 2.06 bits per heavy atom. The molecule has 0 saturated carbocycles. The highest BCUT2D eigenvalue weighted by Crippen LogP contribution is 2.26. The van der Waals surface area contributed by atoms with E-state index in [1.807, 2.05) is 0 Å². The van der Waals surface area contributed by atoms with Crippen LogP contribution in [0.5, 0.6) is 0 Å². The third-order valence-electron chi connectivity index (χ3n) is 1.74. The number of benzene rings is 1. The van der Waals surface area contributed by atoms with E-state index in [1.54, 1.807) is 30.3 Å². The van der Waals surface area contributed by atoms with E-state index in [0.717, 1.165) is 5.69 Å². The summed E-state index contributed by atoms with van der Waals surface area (Å²) in [6, 6.07) is 6.64. The van der Waals surface area contributed by atoms with Crippen LogP contribution in [0.4, 0.5) is 14.5 Å². The first kappa shape index (κ1) is 13.9. The Hall–Kier alpha value is -1.14. The van der Waals surface area contributed by atoms with Crippen LogP contribution in [0.2, 0.25) is 0 Å². The van der Waals surface area contributed by atoms with Crippen molar-refractivity contribution in [3.8, 4) is 0 Å². The molecule has 17 heavy (non-hydrogen) atoms. The van der Waals surface area contributed by atoms with Crippen LogP contribution in [-0.2, 0) is 0 Å². The van der Waals surface area contributed by atoms with E-state index in [0.29, 0.717) is 28.3 Å². The predicted octanol–water partition coefficient (Wildman–Crippen LogP) is 3.47. The van der Waals surface area contributed by atoms with E-state index >= 15 is 0 Å². The van der Waals surface area contributed by atoms with E-state index in [9.17, 15) is 8.78 Å². The number of nitrogens with one attached hydrogen (secondary N) is 2. The van der Waals surface area contributed by atoms with Gasteiger partial charge in [0.05, 0.1) is 0 Å². The van der Waals surface area contributed by atoms with E-state index in [1.165, 1.54) is 0 Å². The standard InChI is InChI=1S/C11H12F2N2S2/c1-2-7-14-11(16)15-8-3-5-9(6-4-8)17-10(12)13/h2-6,10H,1,7H2,(H2,14,15,16).